The highest BCUT2D eigenvalue weighted by Crippen LogP contribution is 2.09. The second-order valence-corrected chi connectivity index (χ2v) is 4.95. The minimum absolute atomic E-state index is 0.644. The van der Waals surface area contributed by atoms with Crippen LogP contribution >= 0.6 is 0 Å². The monoisotopic (exact) mass is 286 g/mol. The van der Waals surface area contributed by atoms with Gasteiger partial charge in [-0.2, -0.15) is 10.1 Å². The first-order valence-corrected chi connectivity index (χ1v) is 7.33. The Labute approximate surface area is 125 Å². The lowest BCUT2D eigenvalue weighted by atomic mass is 10.2. The number of aromatic nitrogens is 4. The molecule has 6 nitrogen and oxygen atoms in total. The van der Waals surface area contributed by atoms with Crippen LogP contribution in [0, 0.1) is 0 Å². The average molecular weight is 286 g/mol. The highest BCUT2D eigenvalue weighted by Gasteiger charge is 2.06. The summed E-state index contributed by atoms with van der Waals surface area (Å²) in [6.07, 6.45) is 8.49. The predicted molar refractivity (Wildman–Crippen MR) is 84.4 cm³/mol. The third-order valence-electron chi connectivity index (χ3n) is 3.21. The fourth-order valence-corrected chi connectivity index (χ4v) is 1.88. The first-order chi connectivity index (χ1) is 10.3. The third kappa shape index (κ3) is 4.98. The topological polar surface area (TPSA) is 66.8 Å². The van der Waals surface area contributed by atoms with Crippen molar-refractivity contribution in [3.8, 4) is 0 Å². The quantitative estimate of drug-likeness (QED) is 0.750. The van der Waals surface area contributed by atoms with Crippen LogP contribution in [0.25, 0.3) is 0 Å². The largest absolute Gasteiger partial charge is 0.369 e. The van der Waals surface area contributed by atoms with Crippen LogP contribution in [-0.4, -0.2) is 40.3 Å². The first kappa shape index (κ1) is 15.2. The Morgan fingerprint density at radius 1 is 1.24 bits per heavy atom. The number of pyridine rings is 1. The lowest BCUT2D eigenvalue weighted by Gasteiger charge is -2.17. The molecule has 0 radical (unpaired) electrons. The fourth-order valence-electron chi connectivity index (χ4n) is 1.88. The Morgan fingerprint density at radius 3 is 2.81 bits per heavy atom. The number of unbranched alkanes of at least 4 members (excludes halogenated alkanes) is 1. The second kappa shape index (κ2) is 8.14. The van der Waals surface area contributed by atoms with Gasteiger partial charge in [0.25, 0.3) is 0 Å². The van der Waals surface area contributed by atoms with E-state index in [4.69, 9.17) is 0 Å². The van der Waals surface area contributed by atoms with Crippen molar-refractivity contribution in [1.82, 2.24) is 20.2 Å². The van der Waals surface area contributed by atoms with Gasteiger partial charge in [0, 0.05) is 32.5 Å². The lowest BCUT2D eigenvalue weighted by Crippen LogP contribution is -2.23. The Hall–Kier alpha value is -2.24. The van der Waals surface area contributed by atoms with Gasteiger partial charge in [-0.3, -0.25) is 4.98 Å². The minimum atomic E-state index is 0.644. The highest BCUT2D eigenvalue weighted by atomic mass is 15.3. The van der Waals surface area contributed by atoms with E-state index in [-0.39, 0.29) is 0 Å². The van der Waals surface area contributed by atoms with Crippen molar-refractivity contribution in [3.63, 3.8) is 0 Å². The van der Waals surface area contributed by atoms with E-state index in [2.05, 4.69) is 32.4 Å². The number of likely N-dealkylation sites (N-methyl/N-ethyl adjacent to an activating group) is 1. The predicted octanol–water partition coefficient (Wildman–Crippen LogP) is 2.16. The van der Waals surface area contributed by atoms with Gasteiger partial charge in [-0.05, 0) is 30.5 Å². The normalized spacial score (nSPS) is 10.4. The molecule has 0 bridgehead atoms. The average Bonchev–Trinajstić information content (AvgIpc) is 2.54. The lowest BCUT2D eigenvalue weighted by molar-refractivity contribution is 0.800. The molecule has 2 heterocycles. The van der Waals surface area contributed by atoms with E-state index < -0.39 is 0 Å². The maximum atomic E-state index is 4.49. The molecule has 6 heteroatoms. The Balaban J connectivity index is 1.89. The molecule has 0 fully saturated rings. The number of nitrogens with one attached hydrogen (secondary N) is 1. The van der Waals surface area contributed by atoms with Gasteiger partial charge in [0.1, 0.15) is 0 Å². The summed E-state index contributed by atoms with van der Waals surface area (Å²) in [6, 6.07) is 4.05. The summed E-state index contributed by atoms with van der Waals surface area (Å²) in [4.78, 5) is 10.5. The van der Waals surface area contributed by atoms with Crippen molar-refractivity contribution >= 4 is 11.8 Å². The minimum Gasteiger partial charge on any atom is -0.369 e. The SMILES string of the molecule is CCCCNc1cnnc(N(C)CCc2ccncc2)n1. The van der Waals surface area contributed by atoms with Crippen LogP contribution in [-0.2, 0) is 6.42 Å². The van der Waals surface area contributed by atoms with Gasteiger partial charge in [-0.15, -0.1) is 5.10 Å². The standard InChI is InChI=1S/C15H22N6/c1-3-4-8-17-14-12-18-20-15(19-14)21(2)11-7-13-5-9-16-10-6-13/h5-6,9-10,12H,3-4,7-8,11H2,1-2H3,(H,17,19,20). The van der Waals surface area contributed by atoms with Crippen molar-refractivity contribution < 1.29 is 0 Å². The molecule has 2 aromatic rings. The van der Waals surface area contributed by atoms with Gasteiger partial charge in [0.05, 0.1) is 6.20 Å². The Morgan fingerprint density at radius 2 is 2.05 bits per heavy atom. The van der Waals surface area contributed by atoms with Gasteiger partial charge < -0.3 is 10.2 Å². The molecule has 21 heavy (non-hydrogen) atoms. The van der Waals surface area contributed by atoms with Gasteiger partial charge >= 0.3 is 0 Å². The van der Waals surface area contributed by atoms with Gasteiger partial charge in [-0.1, -0.05) is 13.3 Å². The van der Waals surface area contributed by atoms with Crippen molar-refractivity contribution in [3.05, 3.63) is 36.3 Å². The third-order valence-corrected chi connectivity index (χ3v) is 3.21. The number of hydrogen-bond donors (Lipinski definition) is 1. The summed E-state index contributed by atoms with van der Waals surface area (Å²) in [5.74, 6) is 1.43. The summed E-state index contributed by atoms with van der Waals surface area (Å²) in [7, 11) is 1.98. The van der Waals surface area contributed by atoms with E-state index in [0.29, 0.717) is 5.95 Å². The van der Waals surface area contributed by atoms with E-state index in [9.17, 15) is 0 Å². The molecule has 2 aromatic heterocycles. The van der Waals surface area contributed by atoms with Gasteiger partial charge in [0.2, 0.25) is 5.95 Å². The molecule has 1 N–H and O–H groups in total. The van der Waals surface area contributed by atoms with Crippen LogP contribution in [0.2, 0.25) is 0 Å². The van der Waals surface area contributed by atoms with Crippen LogP contribution in [0.3, 0.4) is 0 Å². The van der Waals surface area contributed by atoms with Crippen LogP contribution in [0.15, 0.2) is 30.7 Å². The Bertz CT molecular complexity index is 531. The van der Waals surface area contributed by atoms with Crippen molar-refractivity contribution in [2.75, 3.05) is 30.4 Å². The van der Waals surface area contributed by atoms with E-state index in [1.54, 1.807) is 6.20 Å². The van der Waals surface area contributed by atoms with Crippen LogP contribution in [0.5, 0.6) is 0 Å². The maximum Gasteiger partial charge on any atom is 0.247 e. The highest BCUT2D eigenvalue weighted by molar-refractivity contribution is 5.38. The molecule has 0 amide bonds. The zero-order valence-electron chi connectivity index (χ0n) is 12.7. The van der Waals surface area contributed by atoms with E-state index in [1.165, 1.54) is 5.56 Å². The zero-order valence-corrected chi connectivity index (χ0v) is 12.7. The zero-order chi connectivity index (χ0) is 14.9. The number of anilines is 2. The molecule has 0 atom stereocenters. The van der Waals surface area contributed by atoms with Crippen molar-refractivity contribution in [2.45, 2.75) is 26.2 Å². The molecule has 2 rings (SSSR count). The number of nitrogens with zero attached hydrogens (tertiary/aromatic N) is 5. The van der Waals surface area contributed by atoms with Crippen molar-refractivity contribution in [2.24, 2.45) is 0 Å². The molecule has 112 valence electrons. The molecule has 0 saturated carbocycles. The maximum absolute atomic E-state index is 4.49. The van der Waals surface area contributed by atoms with Gasteiger partial charge in [-0.25, -0.2) is 0 Å². The molecule has 0 aliphatic heterocycles. The summed E-state index contributed by atoms with van der Waals surface area (Å²) in [5, 5.41) is 11.4. The summed E-state index contributed by atoms with van der Waals surface area (Å²) in [5.41, 5.74) is 1.25. The molecule has 0 aromatic carbocycles. The number of rotatable bonds is 8. The molecule has 0 unspecified atom stereocenters. The molecule has 0 aliphatic carbocycles. The molecular weight excluding hydrogens is 264 g/mol. The molecule has 0 saturated heterocycles. The van der Waals surface area contributed by atoms with E-state index in [1.807, 2.05) is 36.5 Å². The smallest absolute Gasteiger partial charge is 0.247 e. The van der Waals surface area contributed by atoms with Crippen LogP contribution in [0.1, 0.15) is 25.3 Å². The molecule has 0 spiro atoms. The van der Waals surface area contributed by atoms with E-state index >= 15 is 0 Å². The second-order valence-electron chi connectivity index (χ2n) is 4.95. The Kier molecular flexibility index (Phi) is 5.87. The van der Waals surface area contributed by atoms with Crippen LogP contribution < -0.4 is 10.2 Å². The number of hydrogen-bond acceptors (Lipinski definition) is 6. The van der Waals surface area contributed by atoms with Crippen molar-refractivity contribution in [1.29, 1.82) is 0 Å². The fraction of sp³-hybridized carbons (Fsp3) is 0.467. The molecular formula is C15H22N6. The summed E-state index contributed by atoms with van der Waals surface area (Å²) >= 11 is 0. The van der Waals surface area contributed by atoms with Crippen LogP contribution in [0.4, 0.5) is 11.8 Å². The first-order valence-electron chi connectivity index (χ1n) is 7.33. The van der Waals surface area contributed by atoms with Gasteiger partial charge in [0.15, 0.2) is 5.82 Å². The summed E-state index contributed by atoms with van der Waals surface area (Å²) < 4.78 is 0. The summed E-state index contributed by atoms with van der Waals surface area (Å²) in [6.45, 7) is 3.91. The van der Waals surface area contributed by atoms with E-state index in [0.717, 1.165) is 38.2 Å². The molecule has 0 aliphatic rings.